The Balaban J connectivity index is 1.99. The molecule has 0 radical (unpaired) electrons. The molecule has 0 saturated carbocycles. The van der Waals surface area contributed by atoms with Gasteiger partial charge in [0.1, 0.15) is 0 Å². The smallest absolute Gasteiger partial charge is 0.0484 e. The maximum Gasteiger partial charge on any atom is 0.0484 e. The number of ether oxygens (including phenoxy) is 1. The Hall–Kier alpha value is -1.38. The van der Waals surface area contributed by atoms with Crippen molar-refractivity contribution < 1.29 is 4.74 Å². The van der Waals surface area contributed by atoms with E-state index in [2.05, 4.69) is 49.4 Å². The first-order chi connectivity index (χ1) is 9.33. The molecule has 0 amide bonds. The van der Waals surface area contributed by atoms with Gasteiger partial charge in [-0.1, -0.05) is 55.8 Å². The van der Waals surface area contributed by atoms with Crippen LogP contribution in [-0.4, -0.2) is 13.2 Å². The topological polar surface area (TPSA) is 35.2 Å². The molecule has 0 heterocycles. The van der Waals surface area contributed by atoms with Gasteiger partial charge >= 0.3 is 0 Å². The average Bonchev–Trinajstić information content (AvgIpc) is 2.46. The van der Waals surface area contributed by atoms with Crippen molar-refractivity contribution in [2.24, 2.45) is 5.73 Å². The summed E-state index contributed by atoms with van der Waals surface area (Å²) in [4.78, 5) is 0. The highest BCUT2D eigenvalue weighted by Crippen LogP contribution is 2.24. The van der Waals surface area contributed by atoms with Gasteiger partial charge in [0, 0.05) is 19.3 Å². The third-order valence-electron chi connectivity index (χ3n) is 3.44. The maximum absolute atomic E-state index is 6.30. The summed E-state index contributed by atoms with van der Waals surface area (Å²) in [6, 6.07) is 14.8. The Kier molecular flexibility index (Phi) is 5.37. The molecule has 19 heavy (non-hydrogen) atoms. The second-order valence-corrected chi connectivity index (χ2v) is 4.93. The summed E-state index contributed by atoms with van der Waals surface area (Å²) >= 11 is 0. The van der Waals surface area contributed by atoms with Crippen LogP contribution < -0.4 is 5.73 Å². The molecule has 2 heteroatoms. The minimum Gasteiger partial charge on any atom is -0.381 e. The van der Waals surface area contributed by atoms with Crippen LogP contribution in [-0.2, 0) is 4.74 Å². The zero-order valence-electron chi connectivity index (χ0n) is 11.6. The van der Waals surface area contributed by atoms with Gasteiger partial charge < -0.3 is 10.5 Å². The van der Waals surface area contributed by atoms with E-state index in [-0.39, 0.29) is 6.04 Å². The molecule has 0 fully saturated rings. The predicted octanol–water partition coefficient (Wildman–Crippen LogP) is 4.05. The number of benzene rings is 2. The van der Waals surface area contributed by atoms with Crippen LogP contribution in [0.4, 0.5) is 0 Å². The molecule has 2 rings (SSSR count). The van der Waals surface area contributed by atoms with Gasteiger partial charge in [-0.2, -0.15) is 0 Å². The largest absolute Gasteiger partial charge is 0.381 e. The SMILES string of the molecule is CCCCOCCC(N)c1cccc2ccccc12. The van der Waals surface area contributed by atoms with Crippen LogP contribution in [0.5, 0.6) is 0 Å². The van der Waals surface area contributed by atoms with Crippen molar-refractivity contribution >= 4 is 10.8 Å². The van der Waals surface area contributed by atoms with E-state index in [1.165, 1.54) is 22.8 Å². The summed E-state index contributed by atoms with van der Waals surface area (Å²) in [5.41, 5.74) is 7.52. The van der Waals surface area contributed by atoms with Crippen molar-refractivity contribution in [3.8, 4) is 0 Å². The minimum atomic E-state index is 0.0488. The lowest BCUT2D eigenvalue weighted by molar-refractivity contribution is 0.124. The van der Waals surface area contributed by atoms with E-state index in [0.29, 0.717) is 0 Å². The summed E-state index contributed by atoms with van der Waals surface area (Å²) in [5.74, 6) is 0. The first kappa shape index (κ1) is 14.0. The Labute approximate surface area is 115 Å². The Bertz CT molecular complexity index is 504. The van der Waals surface area contributed by atoms with Gasteiger partial charge in [-0.15, -0.1) is 0 Å². The predicted molar refractivity (Wildman–Crippen MR) is 81.2 cm³/mol. The third kappa shape index (κ3) is 3.79. The van der Waals surface area contributed by atoms with E-state index >= 15 is 0 Å². The molecule has 2 N–H and O–H groups in total. The number of hydrogen-bond acceptors (Lipinski definition) is 2. The summed E-state index contributed by atoms with van der Waals surface area (Å²) in [6.45, 7) is 3.76. The van der Waals surface area contributed by atoms with Crippen molar-refractivity contribution in [3.63, 3.8) is 0 Å². The molecule has 0 aliphatic rings. The van der Waals surface area contributed by atoms with Crippen LogP contribution in [0.15, 0.2) is 42.5 Å². The summed E-state index contributed by atoms with van der Waals surface area (Å²) in [5, 5.41) is 2.51. The van der Waals surface area contributed by atoms with Crippen LogP contribution in [0.25, 0.3) is 10.8 Å². The molecule has 0 saturated heterocycles. The first-order valence-electron chi connectivity index (χ1n) is 7.14. The molecule has 1 atom stereocenters. The zero-order valence-corrected chi connectivity index (χ0v) is 11.6. The van der Waals surface area contributed by atoms with Crippen LogP contribution in [0.3, 0.4) is 0 Å². The van der Waals surface area contributed by atoms with Crippen LogP contribution in [0, 0.1) is 0 Å². The quantitative estimate of drug-likeness (QED) is 0.760. The van der Waals surface area contributed by atoms with Gasteiger partial charge in [-0.05, 0) is 29.2 Å². The first-order valence-corrected chi connectivity index (χ1v) is 7.14. The van der Waals surface area contributed by atoms with E-state index < -0.39 is 0 Å². The van der Waals surface area contributed by atoms with Crippen molar-refractivity contribution in [2.75, 3.05) is 13.2 Å². The molecular formula is C17H23NO. The number of rotatable bonds is 7. The van der Waals surface area contributed by atoms with Gasteiger partial charge in [0.25, 0.3) is 0 Å². The van der Waals surface area contributed by atoms with Crippen molar-refractivity contribution in [1.29, 1.82) is 0 Å². The van der Waals surface area contributed by atoms with Gasteiger partial charge in [0.05, 0.1) is 0 Å². The molecule has 0 aliphatic heterocycles. The Morgan fingerprint density at radius 3 is 2.68 bits per heavy atom. The molecule has 2 nitrogen and oxygen atoms in total. The standard InChI is InChI=1S/C17H23NO/c1-2-3-12-19-13-11-17(18)16-10-6-8-14-7-4-5-9-15(14)16/h4-10,17H,2-3,11-13,18H2,1H3. The van der Waals surface area contributed by atoms with E-state index in [1.807, 2.05) is 0 Å². The molecule has 102 valence electrons. The summed E-state index contributed by atoms with van der Waals surface area (Å²) in [7, 11) is 0. The fourth-order valence-corrected chi connectivity index (χ4v) is 2.29. The van der Waals surface area contributed by atoms with Gasteiger partial charge in [0.15, 0.2) is 0 Å². The van der Waals surface area contributed by atoms with Gasteiger partial charge in [0.2, 0.25) is 0 Å². The second kappa shape index (κ2) is 7.27. The highest BCUT2D eigenvalue weighted by Gasteiger charge is 2.09. The van der Waals surface area contributed by atoms with E-state index in [4.69, 9.17) is 10.5 Å². The van der Waals surface area contributed by atoms with Crippen molar-refractivity contribution in [1.82, 2.24) is 0 Å². The summed E-state index contributed by atoms with van der Waals surface area (Å²) in [6.07, 6.45) is 3.18. The molecule has 0 spiro atoms. The van der Waals surface area contributed by atoms with Crippen molar-refractivity contribution in [2.45, 2.75) is 32.2 Å². The molecular weight excluding hydrogens is 234 g/mol. The molecule has 2 aromatic carbocycles. The number of hydrogen-bond donors (Lipinski definition) is 1. The van der Waals surface area contributed by atoms with Crippen LogP contribution >= 0.6 is 0 Å². The fraction of sp³-hybridized carbons (Fsp3) is 0.412. The number of nitrogens with two attached hydrogens (primary N) is 1. The second-order valence-electron chi connectivity index (χ2n) is 4.93. The van der Waals surface area contributed by atoms with Crippen molar-refractivity contribution in [3.05, 3.63) is 48.0 Å². The normalized spacial score (nSPS) is 12.7. The van der Waals surface area contributed by atoms with E-state index in [1.54, 1.807) is 0 Å². The minimum absolute atomic E-state index is 0.0488. The molecule has 0 bridgehead atoms. The van der Waals surface area contributed by atoms with Crippen LogP contribution in [0.1, 0.15) is 37.8 Å². The highest BCUT2D eigenvalue weighted by molar-refractivity contribution is 5.86. The Morgan fingerprint density at radius 1 is 1.05 bits per heavy atom. The maximum atomic E-state index is 6.30. The molecule has 1 unspecified atom stereocenters. The molecule has 0 aromatic heterocycles. The van der Waals surface area contributed by atoms with Gasteiger partial charge in [-0.25, -0.2) is 0 Å². The highest BCUT2D eigenvalue weighted by atomic mass is 16.5. The number of unbranched alkanes of at least 4 members (excludes halogenated alkanes) is 1. The van der Waals surface area contributed by atoms with Gasteiger partial charge in [-0.3, -0.25) is 0 Å². The molecule has 2 aromatic rings. The lowest BCUT2D eigenvalue weighted by Gasteiger charge is -2.15. The average molecular weight is 257 g/mol. The summed E-state index contributed by atoms with van der Waals surface area (Å²) < 4.78 is 5.60. The van der Waals surface area contributed by atoms with Crippen LogP contribution in [0.2, 0.25) is 0 Å². The lowest BCUT2D eigenvalue weighted by atomic mass is 9.98. The van der Waals surface area contributed by atoms with E-state index in [0.717, 1.165) is 26.1 Å². The zero-order chi connectivity index (χ0) is 13.5. The lowest BCUT2D eigenvalue weighted by Crippen LogP contribution is -2.13. The Morgan fingerprint density at radius 2 is 1.84 bits per heavy atom. The molecule has 0 aliphatic carbocycles. The number of fused-ring (bicyclic) bond motifs is 1. The monoisotopic (exact) mass is 257 g/mol. The fourth-order valence-electron chi connectivity index (χ4n) is 2.29. The third-order valence-corrected chi connectivity index (χ3v) is 3.44. The van der Waals surface area contributed by atoms with E-state index in [9.17, 15) is 0 Å².